The molecular formula is C15H20NO4Si. The number of carbonyl (C=O) groups is 1. The molecule has 2 rings (SSSR count). The van der Waals surface area contributed by atoms with E-state index in [9.17, 15) is 4.79 Å². The van der Waals surface area contributed by atoms with Gasteiger partial charge in [0.05, 0.1) is 19.4 Å². The highest BCUT2D eigenvalue weighted by Gasteiger charge is 2.24. The lowest BCUT2D eigenvalue weighted by molar-refractivity contribution is 0.0567. The zero-order valence-corrected chi connectivity index (χ0v) is 14.0. The molecule has 2 heterocycles. The molecule has 21 heavy (non-hydrogen) atoms. The third kappa shape index (κ3) is 3.51. The van der Waals surface area contributed by atoms with E-state index in [1.165, 1.54) is 7.11 Å². The minimum atomic E-state index is -0.947. The van der Waals surface area contributed by atoms with Gasteiger partial charge in [0.15, 0.2) is 0 Å². The Balaban J connectivity index is 2.24. The fourth-order valence-electron chi connectivity index (χ4n) is 1.73. The Morgan fingerprint density at radius 1 is 1.43 bits per heavy atom. The average molecular weight is 306 g/mol. The summed E-state index contributed by atoms with van der Waals surface area (Å²) in [5.74, 6) is -0.312. The molecule has 0 amide bonds. The van der Waals surface area contributed by atoms with Crippen LogP contribution >= 0.6 is 0 Å². The summed E-state index contributed by atoms with van der Waals surface area (Å²) in [6, 6.07) is 3.39. The quantitative estimate of drug-likeness (QED) is 0.638. The van der Waals surface area contributed by atoms with E-state index < -0.39 is 15.0 Å². The van der Waals surface area contributed by atoms with E-state index >= 15 is 0 Å². The maximum atomic E-state index is 11.5. The Morgan fingerprint density at radius 2 is 2.14 bits per heavy atom. The summed E-state index contributed by atoms with van der Waals surface area (Å²) in [4.78, 5) is 15.9. The second kappa shape index (κ2) is 5.99. The zero-order chi connectivity index (χ0) is 15.6. The highest BCUT2D eigenvalue weighted by molar-refractivity contribution is 6.53. The van der Waals surface area contributed by atoms with Gasteiger partial charge in [-0.25, -0.2) is 4.79 Å². The van der Waals surface area contributed by atoms with Crippen LogP contribution in [-0.4, -0.2) is 27.1 Å². The first kappa shape index (κ1) is 15.7. The fourth-order valence-corrected chi connectivity index (χ4v) is 2.51. The number of methoxy groups -OCH3 is 1. The fraction of sp³-hybridized carbons (Fsp3) is 0.467. The van der Waals surface area contributed by atoms with Crippen molar-refractivity contribution in [3.63, 3.8) is 0 Å². The molecule has 0 spiro atoms. The van der Waals surface area contributed by atoms with Crippen molar-refractivity contribution < 1.29 is 18.4 Å². The number of rotatable bonds is 4. The molecule has 0 aliphatic rings. The zero-order valence-electron chi connectivity index (χ0n) is 13.0. The first-order valence-electron chi connectivity index (χ1n) is 6.75. The number of furan rings is 1. The van der Waals surface area contributed by atoms with Crippen molar-refractivity contribution in [2.75, 3.05) is 7.11 Å². The number of aromatic nitrogens is 1. The summed E-state index contributed by atoms with van der Waals surface area (Å²) in [6.07, 6.45) is 1.66. The largest absolute Gasteiger partial charge is 0.463 e. The molecule has 0 aliphatic heterocycles. The SMILES string of the molecule is COC(=O)c1cc2c(CO[Si](C)C(C)(C)C)nccc2o1. The van der Waals surface area contributed by atoms with E-state index in [1.54, 1.807) is 18.3 Å². The van der Waals surface area contributed by atoms with Crippen LogP contribution in [0.15, 0.2) is 22.7 Å². The lowest BCUT2D eigenvalue weighted by Gasteiger charge is -2.24. The predicted octanol–water partition coefficient (Wildman–Crippen LogP) is 3.55. The Kier molecular flexibility index (Phi) is 4.48. The van der Waals surface area contributed by atoms with Gasteiger partial charge in [-0.05, 0) is 17.7 Å². The molecule has 0 aliphatic carbocycles. The van der Waals surface area contributed by atoms with Crippen LogP contribution < -0.4 is 0 Å². The topological polar surface area (TPSA) is 61.6 Å². The van der Waals surface area contributed by atoms with E-state index in [-0.39, 0.29) is 10.8 Å². The second-order valence-corrected chi connectivity index (χ2v) is 8.77. The third-order valence-electron chi connectivity index (χ3n) is 3.40. The normalized spacial score (nSPS) is 12.1. The van der Waals surface area contributed by atoms with Crippen LogP contribution in [0.2, 0.25) is 11.6 Å². The molecule has 0 N–H and O–H groups in total. The molecule has 113 valence electrons. The van der Waals surface area contributed by atoms with Crippen molar-refractivity contribution in [3.05, 3.63) is 29.8 Å². The smallest absolute Gasteiger partial charge is 0.373 e. The Morgan fingerprint density at radius 3 is 2.76 bits per heavy atom. The van der Waals surface area contributed by atoms with Gasteiger partial charge in [0, 0.05) is 17.6 Å². The Hall–Kier alpha value is -1.66. The first-order valence-corrected chi connectivity index (χ1v) is 8.66. The van der Waals surface area contributed by atoms with E-state index in [2.05, 4.69) is 37.0 Å². The summed E-state index contributed by atoms with van der Waals surface area (Å²) < 4.78 is 16.1. The molecule has 0 saturated carbocycles. The van der Waals surface area contributed by atoms with Crippen molar-refractivity contribution in [2.45, 2.75) is 39.0 Å². The van der Waals surface area contributed by atoms with Crippen LogP contribution in [0.4, 0.5) is 0 Å². The van der Waals surface area contributed by atoms with Gasteiger partial charge in [-0.3, -0.25) is 4.98 Å². The van der Waals surface area contributed by atoms with Gasteiger partial charge in [-0.15, -0.1) is 0 Å². The van der Waals surface area contributed by atoms with Crippen molar-refractivity contribution in [1.29, 1.82) is 0 Å². The van der Waals surface area contributed by atoms with Crippen LogP contribution in [0.5, 0.6) is 0 Å². The molecule has 5 nitrogen and oxygen atoms in total. The molecule has 0 unspecified atom stereocenters. The standard InChI is InChI=1S/C15H20NO4Si/c1-15(2,3)21(5)19-9-11-10-8-13(14(17)18-4)20-12(10)6-7-16-11/h6-8H,9H2,1-5H3. The van der Waals surface area contributed by atoms with Crippen molar-refractivity contribution in [2.24, 2.45) is 0 Å². The Bertz CT molecular complexity index is 645. The number of carbonyl (C=O) groups excluding carboxylic acids is 1. The number of hydrogen-bond donors (Lipinski definition) is 0. The van der Waals surface area contributed by atoms with Gasteiger partial charge in [-0.1, -0.05) is 20.8 Å². The highest BCUT2D eigenvalue weighted by atomic mass is 28.3. The number of hydrogen-bond acceptors (Lipinski definition) is 5. The molecule has 0 bridgehead atoms. The van der Waals surface area contributed by atoms with Crippen molar-refractivity contribution in [1.82, 2.24) is 4.98 Å². The average Bonchev–Trinajstić information content (AvgIpc) is 2.87. The molecule has 1 radical (unpaired) electrons. The number of ether oxygens (including phenoxy) is 1. The van der Waals surface area contributed by atoms with E-state index in [1.807, 2.05) is 0 Å². The number of esters is 1. The predicted molar refractivity (Wildman–Crippen MR) is 81.5 cm³/mol. The monoisotopic (exact) mass is 306 g/mol. The van der Waals surface area contributed by atoms with Crippen molar-refractivity contribution in [3.8, 4) is 0 Å². The summed E-state index contributed by atoms with van der Waals surface area (Å²) in [7, 11) is 0.380. The number of nitrogens with zero attached hydrogens (tertiary/aromatic N) is 1. The van der Waals surface area contributed by atoms with E-state index in [4.69, 9.17) is 8.84 Å². The molecule has 0 saturated heterocycles. The van der Waals surface area contributed by atoms with Gasteiger partial charge in [0.2, 0.25) is 14.8 Å². The van der Waals surface area contributed by atoms with Gasteiger partial charge >= 0.3 is 5.97 Å². The van der Waals surface area contributed by atoms with Gasteiger partial charge < -0.3 is 13.6 Å². The number of pyridine rings is 1. The molecule has 2 aromatic rings. The number of fused-ring (bicyclic) bond motifs is 1. The third-order valence-corrected chi connectivity index (χ3v) is 6.09. The molecule has 0 atom stereocenters. The maximum absolute atomic E-state index is 11.5. The minimum absolute atomic E-state index is 0.159. The van der Waals surface area contributed by atoms with Crippen LogP contribution in [0, 0.1) is 0 Å². The van der Waals surface area contributed by atoms with Gasteiger partial charge in [0.25, 0.3) is 0 Å². The summed E-state index contributed by atoms with van der Waals surface area (Å²) in [5, 5.41) is 0.952. The maximum Gasteiger partial charge on any atom is 0.373 e. The molecule has 2 aromatic heterocycles. The molecule has 0 fully saturated rings. The molecule has 6 heteroatoms. The highest BCUT2D eigenvalue weighted by Crippen LogP contribution is 2.29. The summed E-state index contributed by atoms with van der Waals surface area (Å²) in [5.41, 5.74) is 1.39. The second-order valence-electron chi connectivity index (χ2n) is 5.87. The lowest BCUT2D eigenvalue weighted by atomic mass is 10.2. The molecular weight excluding hydrogens is 286 g/mol. The van der Waals surface area contributed by atoms with E-state index in [0.717, 1.165) is 11.1 Å². The van der Waals surface area contributed by atoms with Crippen LogP contribution in [-0.2, 0) is 15.8 Å². The van der Waals surface area contributed by atoms with Crippen LogP contribution in [0.3, 0.4) is 0 Å². The van der Waals surface area contributed by atoms with Gasteiger partial charge in [0.1, 0.15) is 5.58 Å². The van der Waals surface area contributed by atoms with Gasteiger partial charge in [-0.2, -0.15) is 0 Å². The minimum Gasteiger partial charge on any atom is -0.463 e. The summed E-state index contributed by atoms with van der Waals surface area (Å²) >= 11 is 0. The summed E-state index contributed by atoms with van der Waals surface area (Å²) in [6.45, 7) is 9.06. The van der Waals surface area contributed by atoms with Crippen LogP contribution in [0.25, 0.3) is 11.0 Å². The lowest BCUT2D eigenvalue weighted by Crippen LogP contribution is -2.25. The Labute approximate surface area is 126 Å². The molecule has 0 aromatic carbocycles. The van der Waals surface area contributed by atoms with Crippen LogP contribution in [0.1, 0.15) is 37.0 Å². The van der Waals surface area contributed by atoms with E-state index in [0.29, 0.717) is 12.2 Å². The van der Waals surface area contributed by atoms with Crippen molar-refractivity contribution >= 4 is 26.0 Å². The first-order chi connectivity index (χ1) is 9.82.